The zero-order valence-electron chi connectivity index (χ0n) is 17.1. The molecule has 0 saturated carbocycles. The number of nitrogens with one attached hydrogen (secondary N) is 1. The summed E-state index contributed by atoms with van der Waals surface area (Å²) in [6, 6.07) is 21.9. The summed E-state index contributed by atoms with van der Waals surface area (Å²) in [5, 5.41) is 15.4. The Kier molecular flexibility index (Phi) is 5.54. The van der Waals surface area contributed by atoms with Crippen LogP contribution < -0.4 is 10.2 Å². The smallest absolute Gasteiger partial charge is 0.307 e. The van der Waals surface area contributed by atoms with E-state index in [1.807, 2.05) is 13.0 Å². The topological polar surface area (TPSA) is 52.6 Å². The van der Waals surface area contributed by atoms with Crippen LogP contribution in [0.25, 0.3) is 10.8 Å². The van der Waals surface area contributed by atoms with E-state index < -0.39 is 5.97 Å². The van der Waals surface area contributed by atoms with E-state index in [0.717, 1.165) is 30.6 Å². The van der Waals surface area contributed by atoms with Gasteiger partial charge in [-0.2, -0.15) is 0 Å². The summed E-state index contributed by atoms with van der Waals surface area (Å²) in [6.07, 6.45) is 1.18. The molecule has 1 fully saturated rings. The minimum atomic E-state index is -0.784. The van der Waals surface area contributed by atoms with Crippen molar-refractivity contribution in [3.8, 4) is 0 Å². The van der Waals surface area contributed by atoms with Gasteiger partial charge in [0.15, 0.2) is 0 Å². The average molecular weight is 389 g/mol. The fraction of sp³-hybridized carbons (Fsp3) is 0.320. The molecule has 150 valence electrons. The van der Waals surface area contributed by atoms with Crippen LogP contribution in [0.1, 0.15) is 36.1 Å². The van der Waals surface area contributed by atoms with Crippen molar-refractivity contribution >= 4 is 22.4 Å². The van der Waals surface area contributed by atoms with Gasteiger partial charge in [0.25, 0.3) is 0 Å². The van der Waals surface area contributed by atoms with Crippen molar-refractivity contribution in [1.29, 1.82) is 0 Å². The number of fused-ring (bicyclic) bond motifs is 1. The first-order valence-corrected chi connectivity index (χ1v) is 10.3. The van der Waals surface area contributed by atoms with Crippen molar-refractivity contribution in [3.63, 3.8) is 0 Å². The van der Waals surface area contributed by atoms with Gasteiger partial charge < -0.3 is 15.3 Å². The van der Waals surface area contributed by atoms with E-state index in [1.54, 1.807) is 0 Å². The van der Waals surface area contributed by atoms with Gasteiger partial charge in [0.1, 0.15) is 0 Å². The Morgan fingerprint density at radius 3 is 2.76 bits per heavy atom. The maximum absolute atomic E-state index is 11.0. The summed E-state index contributed by atoms with van der Waals surface area (Å²) in [4.78, 5) is 13.4. The van der Waals surface area contributed by atoms with Crippen LogP contribution in [0.15, 0.2) is 60.7 Å². The predicted octanol–water partition coefficient (Wildman–Crippen LogP) is 4.70. The molecule has 0 aliphatic carbocycles. The van der Waals surface area contributed by atoms with Crippen LogP contribution in [0.5, 0.6) is 0 Å². The van der Waals surface area contributed by atoms with Crippen LogP contribution in [-0.2, 0) is 11.2 Å². The third-order valence-electron chi connectivity index (χ3n) is 6.00. The number of carboxylic acid groups (broad SMARTS) is 1. The predicted molar refractivity (Wildman–Crippen MR) is 119 cm³/mol. The summed E-state index contributed by atoms with van der Waals surface area (Å²) >= 11 is 0. The van der Waals surface area contributed by atoms with Crippen molar-refractivity contribution in [1.82, 2.24) is 5.32 Å². The molecule has 2 N–H and O–H groups in total. The van der Waals surface area contributed by atoms with Gasteiger partial charge in [-0.05, 0) is 59.9 Å². The Hall–Kier alpha value is -2.85. The lowest BCUT2D eigenvalue weighted by Gasteiger charge is -2.23. The van der Waals surface area contributed by atoms with Crippen LogP contribution in [0.2, 0.25) is 0 Å². The summed E-state index contributed by atoms with van der Waals surface area (Å²) in [6.45, 7) is 6.22. The quantitative estimate of drug-likeness (QED) is 0.642. The van der Waals surface area contributed by atoms with Crippen LogP contribution >= 0.6 is 0 Å². The Labute approximate surface area is 172 Å². The second kappa shape index (κ2) is 8.26. The molecule has 1 saturated heterocycles. The van der Waals surface area contributed by atoms with Crippen molar-refractivity contribution in [2.45, 2.75) is 38.8 Å². The van der Waals surface area contributed by atoms with E-state index in [2.05, 4.69) is 71.7 Å². The summed E-state index contributed by atoms with van der Waals surface area (Å²) < 4.78 is 0. The van der Waals surface area contributed by atoms with Gasteiger partial charge in [0, 0.05) is 30.9 Å². The number of aryl methyl sites for hydroxylation is 1. The molecule has 0 radical (unpaired) electrons. The van der Waals surface area contributed by atoms with Gasteiger partial charge in [-0.3, -0.25) is 4.79 Å². The highest BCUT2D eigenvalue weighted by Gasteiger charge is 2.25. The minimum absolute atomic E-state index is 0.0822. The summed E-state index contributed by atoms with van der Waals surface area (Å²) in [5.41, 5.74) is 4.46. The van der Waals surface area contributed by atoms with Gasteiger partial charge in [0.2, 0.25) is 0 Å². The molecule has 1 aliphatic heterocycles. The zero-order valence-corrected chi connectivity index (χ0v) is 17.1. The molecule has 4 rings (SSSR count). The minimum Gasteiger partial charge on any atom is -0.481 e. The van der Waals surface area contributed by atoms with Gasteiger partial charge in [-0.1, -0.05) is 48.5 Å². The summed E-state index contributed by atoms with van der Waals surface area (Å²) in [7, 11) is 0. The van der Waals surface area contributed by atoms with Gasteiger partial charge in [-0.15, -0.1) is 0 Å². The van der Waals surface area contributed by atoms with Crippen LogP contribution in [0.4, 0.5) is 5.69 Å². The molecule has 0 amide bonds. The average Bonchev–Trinajstić information content (AvgIpc) is 3.17. The molecule has 4 nitrogen and oxygen atoms in total. The van der Waals surface area contributed by atoms with E-state index in [9.17, 15) is 4.79 Å². The lowest BCUT2D eigenvalue weighted by atomic mass is 9.99. The molecule has 4 heteroatoms. The highest BCUT2D eigenvalue weighted by molar-refractivity contribution is 5.86. The first kappa shape index (κ1) is 19.5. The highest BCUT2D eigenvalue weighted by atomic mass is 16.4. The second-order valence-corrected chi connectivity index (χ2v) is 8.07. The molecule has 0 unspecified atom stereocenters. The van der Waals surface area contributed by atoms with Crippen molar-refractivity contribution in [2.24, 2.45) is 0 Å². The lowest BCUT2D eigenvalue weighted by molar-refractivity contribution is -0.136. The lowest BCUT2D eigenvalue weighted by Crippen LogP contribution is -2.34. The molecule has 0 aromatic heterocycles. The molecule has 29 heavy (non-hydrogen) atoms. The number of hydrogen-bond donors (Lipinski definition) is 2. The third-order valence-corrected chi connectivity index (χ3v) is 6.00. The van der Waals surface area contributed by atoms with Crippen molar-refractivity contribution in [2.75, 3.05) is 18.0 Å². The first-order valence-electron chi connectivity index (χ1n) is 10.3. The number of aliphatic carboxylic acids is 1. The van der Waals surface area contributed by atoms with E-state index in [1.165, 1.54) is 22.0 Å². The molecule has 1 heterocycles. The highest BCUT2D eigenvalue weighted by Crippen LogP contribution is 2.27. The Balaban J connectivity index is 1.43. The van der Waals surface area contributed by atoms with E-state index >= 15 is 0 Å². The van der Waals surface area contributed by atoms with Crippen molar-refractivity contribution < 1.29 is 9.90 Å². The number of rotatable bonds is 6. The maximum atomic E-state index is 11.0. The van der Waals surface area contributed by atoms with Crippen LogP contribution in [0.3, 0.4) is 0 Å². The molecular weight excluding hydrogens is 360 g/mol. The van der Waals surface area contributed by atoms with E-state index in [0.29, 0.717) is 6.04 Å². The standard InChI is InChI=1S/C25H28N2O2/c1-17-14-22(11-10-20(17)15-25(28)29)27-13-12-21(16-27)26-18(2)23-9-5-7-19-6-3-4-8-24(19)23/h3-11,14,18,21,26H,12-13,15-16H2,1-2H3,(H,28,29)/t18-,21+/m1/s1. The molecule has 0 spiro atoms. The van der Waals surface area contributed by atoms with Gasteiger partial charge >= 0.3 is 5.97 Å². The molecule has 3 aromatic carbocycles. The zero-order chi connectivity index (χ0) is 20.4. The monoisotopic (exact) mass is 388 g/mol. The maximum Gasteiger partial charge on any atom is 0.307 e. The van der Waals surface area contributed by atoms with Crippen molar-refractivity contribution in [3.05, 3.63) is 77.4 Å². The van der Waals surface area contributed by atoms with Gasteiger partial charge in [-0.25, -0.2) is 0 Å². The largest absolute Gasteiger partial charge is 0.481 e. The van der Waals surface area contributed by atoms with E-state index in [4.69, 9.17) is 5.11 Å². The molecule has 0 bridgehead atoms. The number of anilines is 1. The summed E-state index contributed by atoms with van der Waals surface area (Å²) in [5.74, 6) is -0.784. The number of carbonyl (C=O) groups is 1. The molecule has 1 aliphatic rings. The second-order valence-electron chi connectivity index (χ2n) is 8.07. The first-order chi connectivity index (χ1) is 14.0. The third kappa shape index (κ3) is 4.28. The van der Waals surface area contributed by atoms with Crippen LogP contribution in [0, 0.1) is 6.92 Å². The molecular formula is C25H28N2O2. The SMILES string of the molecule is Cc1cc(N2CC[C@H](N[C@H](C)c3cccc4ccccc34)C2)ccc1CC(=O)O. The molecule has 2 atom stereocenters. The number of nitrogens with zero attached hydrogens (tertiary/aromatic N) is 1. The Bertz CT molecular complexity index is 1030. The Morgan fingerprint density at radius 2 is 1.97 bits per heavy atom. The number of carboxylic acids is 1. The van der Waals surface area contributed by atoms with Crippen LogP contribution in [-0.4, -0.2) is 30.2 Å². The number of hydrogen-bond acceptors (Lipinski definition) is 3. The van der Waals surface area contributed by atoms with E-state index in [-0.39, 0.29) is 12.5 Å². The Morgan fingerprint density at radius 1 is 1.17 bits per heavy atom. The fourth-order valence-electron chi connectivity index (χ4n) is 4.44. The fourth-order valence-corrected chi connectivity index (χ4v) is 4.44. The molecule has 3 aromatic rings. The number of benzene rings is 3. The normalized spacial score (nSPS) is 17.6. The van der Waals surface area contributed by atoms with Gasteiger partial charge in [0.05, 0.1) is 6.42 Å².